The minimum absolute atomic E-state index is 0. The summed E-state index contributed by atoms with van der Waals surface area (Å²) < 4.78 is 0. The molecule has 2 N–H and O–H groups in total. The minimum atomic E-state index is 0. The first kappa shape index (κ1) is 30.2. The van der Waals surface area contributed by atoms with Crippen LogP contribution in [0.1, 0.15) is 0 Å². The zero-order valence-electron chi connectivity index (χ0n) is 2.31. The molecule has 0 bridgehead atoms. The molecule has 0 saturated heterocycles. The summed E-state index contributed by atoms with van der Waals surface area (Å²) in [6.07, 6.45) is 0. The van der Waals surface area contributed by atoms with Gasteiger partial charge in [-0.2, -0.15) is 0 Å². The molecule has 0 atom stereocenters. The van der Waals surface area contributed by atoms with Crippen LogP contribution < -0.4 is 0 Å². The largest absolute Gasteiger partial charge is 2.00 e. The van der Waals surface area contributed by atoms with Crippen molar-refractivity contribution in [2.24, 2.45) is 0 Å². The predicted molar refractivity (Wildman–Crippen MR) is 15.4 cm³/mol. The predicted octanol–water partition coefficient (Wildman–Crippen LogP) is -1.12. The van der Waals surface area contributed by atoms with Crippen LogP contribution in [-0.2, 0) is 0 Å². The fourth-order valence-corrected chi connectivity index (χ4v) is 0. The molecule has 0 aliphatic heterocycles. The quantitative estimate of drug-likeness (QED) is 0.423. The van der Waals surface area contributed by atoms with Gasteiger partial charge >= 0.3 is 83.2 Å². The van der Waals surface area contributed by atoms with Crippen LogP contribution in [0.25, 0.3) is 0 Å². The average Bonchev–Trinajstić information content (AvgIpc) is 0. The third-order valence-electron chi connectivity index (χ3n) is 0. The first-order valence-corrected chi connectivity index (χ1v) is 0. The second-order valence-electron chi connectivity index (χ2n) is 0. The van der Waals surface area contributed by atoms with Gasteiger partial charge in [0.05, 0.1) is 0 Å². The van der Waals surface area contributed by atoms with E-state index in [2.05, 4.69) is 0 Å². The van der Waals surface area contributed by atoms with Crippen LogP contribution in [0.2, 0.25) is 0 Å². The van der Waals surface area contributed by atoms with Crippen LogP contribution in [0.3, 0.4) is 0 Å². The molecule has 0 heterocycles. The Morgan fingerprint density at radius 3 is 0.750 bits per heavy atom. The van der Waals surface area contributed by atoms with Crippen LogP contribution in [0.5, 0.6) is 0 Å². The van der Waals surface area contributed by atoms with Crippen molar-refractivity contribution in [3.8, 4) is 0 Å². The monoisotopic (exact) mass is 162 g/mol. The fourth-order valence-electron chi connectivity index (χ4n) is 0. The summed E-state index contributed by atoms with van der Waals surface area (Å²) in [5.74, 6) is 0. The molecule has 0 fully saturated rings. The topological polar surface area (TPSA) is 60.0 Å². The van der Waals surface area contributed by atoms with Crippen molar-refractivity contribution in [2.75, 3.05) is 0 Å². The molecule has 0 aliphatic carbocycles. The van der Waals surface area contributed by atoms with Crippen molar-refractivity contribution >= 4 is 83.2 Å². The molecule has 4 heavy (non-hydrogen) atoms. The zero-order valence-corrected chi connectivity index (χ0v) is 7.99. The zero-order chi connectivity index (χ0) is 0. The van der Waals surface area contributed by atoms with E-state index in [1.54, 1.807) is 0 Å². The molecule has 0 rings (SSSR count). The molecule has 0 saturated carbocycles. The average molecular weight is 162 g/mol. The van der Waals surface area contributed by atoms with Gasteiger partial charge in [0.1, 0.15) is 0 Å². The number of hydrogen-bond donors (Lipinski definition) is 0. The van der Waals surface area contributed by atoms with Gasteiger partial charge in [-0.3, -0.25) is 0 Å². The Morgan fingerprint density at radius 1 is 0.750 bits per heavy atom. The van der Waals surface area contributed by atoms with Crippen molar-refractivity contribution in [3.63, 3.8) is 0 Å². The van der Waals surface area contributed by atoms with Gasteiger partial charge < -0.3 is 11.0 Å². The van der Waals surface area contributed by atoms with E-state index < -0.39 is 0 Å². The number of rotatable bonds is 0. The Labute approximate surface area is 91.8 Å². The summed E-state index contributed by atoms with van der Waals surface area (Å²) in [6.45, 7) is 0. The van der Waals surface area contributed by atoms with Gasteiger partial charge in [0, 0.05) is 0 Å². The van der Waals surface area contributed by atoms with Crippen molar-refractivity contribution in [1.29, 1.82) is 0 Å². The van der Waals surface area contributed by atoms with Crippen molar-refractivity contribution < 1.29 is 11.0 Å². The second-order valence-corrected chi connectivity index (χ2v) is 0. The van der Waals surface area contributed by atoms with Crippen LogP contribution in [0.15, 0.2) is 0 Å². The van der Waals surface area contributed by atoms with Gasteiger partial charge in [0.2, 0.25) is 0 Å². The molecule has 0 aromatic rings. The second kappa shape index (κ2) is 17.4. The maximum absolute atomic E-state index is 0. The normalized spacial score (nSPS) is 0. The van der Waals surface area contributed by atoms with Gasteiger partial charge in [-0.05, 0) is 0 Å². The van der Waals surface area contributed by atoms with Crippen molar-refractivity contribution in [1.82, 2.24) is 0 Å². The molecule has 0 amide bonds. The first-order chi connectivity index (χ1) is 0. The van der Waals surface area contributed by atoms with E-state index >= 15 is 0 Å². The van der Waals surface area contributed by atoms with E-state index in [-0.39, 0.29) is 94.2 Å². The molecular formula is H2CaO2Sr+2. The summed E-state index contributed by atoms with van der Waals surface area (Å²) in [5, 5.41) is 0. The molecule has 4 heteroatoms. The molecular weight excluding hydrogens is 160 g/mol. The van der Waals surface area contributed by atoms with Crippen molar-refractivity contribution in [2.45, 2.75) is 0 Å². The smallest absolute Gasteiger partial charge is 0.870 e. The molecule has 16 valence electrons. The van der Waals surface area contributed by atoms with Crippen LogP contribution in [0.4, 0.5) is 0 Å². The Hall–Kier alpha value is 2.66. The summed E-state index contributed by atoms with van der Waals surface area (Å²) in [6, 6.07) is 0. The third kappa shape index (κ3) is 8.82. The Kier molecular flexibility index (Phi) is 131. The van der Waals surface area contributed by atoms with E-state index in [0.29, 0.717) is 0 Å². The minimum Gasteiger partial charge on any atom is -0.870 e. The Balaban J connectivity index is 0. The maximum atomic E-state index is 0. The molecule has 0 spiro atoms. The summed E-state index contributed by atoms with van der Waals surface area (Å²) in [5.41, 5.74) is 0. The molecule has 2 nitrogen and oxygen atoms in total. The molecule has 0 aromatic heterocycles. The van der Waals surface area contributed by atoms with Crippen molar-refractivity contribution in [3.05, 3.63) is 0 Å². The van der Waals surface area contributed by atoms with E-state index in [0.717, 1.165) is 0 Å². The maximum Gasteiger partial charge on any atom is 2.00 e. The Bertz CT molecular complexity index is 6.00. The summed E-state index contributed by atoms with van der Waals surface area (Å²) in [4.78, 5) is 0. The van der Waals surface area contributed by atoms with E-state index in [1.165, 1.54) is 0 Å². The van der Waals surface area contributed by atoms with Gasteiger partial charge in [-0.15, -0.1) is 0 Å². The van der Waals surface area contributed by atoms with E-state index in [9.17, 15) is 0 Å². The third-order valence-corrected chi connectivity index (χ3v) is 0. The van der Waals surface area contributed by atoms with Gasteiger partial charge in [0.25, 0.3) is 0 Å². The summed E-state index contributed by atoms with van der Waals surface area (Å²) >= 11 is 0. The fraction of sp³-hybridized carbons (Fsp3) is 0. The molecule has 0 aromatic carbocycles. The van der Waals surface area contributed by atoms with Crippen LogP contribution >= 0.6 is 0 Å². The van der Waals surface area contributed by atoms with Gasteiger partial charge in [-0.1, -0.05) is 0 Å². The Morgan fingerprint density at radius 2 is 0.750 bits per heavy atom. The van der Waals surface area contributed by atoms with Crippen LogP contribution in [0, 0.1) is 0 Å². The molecule has 0 unspecified atom stereocenters. The molecule has 0 radical (unpaired) electrons. The standard InChI is InChI=1S/Ca.2H2O.Sr/h;2*1H2;/q+2;;;+2/p-2. The van der Waals surface area contributed by atoms with Gasteiger partial charge in [0.15, 0.2) is 0 Å². The summed E-state index contributed by atoms with van der Waals surface area (Å²) in [7, 11) is 0. The van der Waals surface area contributed by atoms with Gasteiger partial charge in [-0.25, -0.2) is 0 Å². The molecule has 0 aliphatic rings. The number of hydrogen-bond acceptors (Lipinski definition) is 2. The van der Waals surface area contributed by atoms with E-state index in [1.807, 2.05) is 0 Å². The van der Waals surface area contributed by atoms with E-state index in [4.69, 9.17) is 0 Å². The van der Waals surface area contributed by atoms with Crippen LogP contribution in [-0.4, -0.2) is 94.2 Å². The SMILES string of the molecule is [Ca+2].[OH-].[OH-].[Sr+2]. The first-order valence-electron chi connectivity index (χ1n) is 0.